The molecule has 0 saturated carbocycles. The Kier molecular flexibility index (Phi) is 4.93. The fraction of sp³-hybridized carbons (Fsp3) is 0.182. The molecule has 2 rings (SSSR count). The van der Waals surface area contributed by atoms with Crippen LogP contribution in [-0.2, 0) is 41.7 Å². The van der Waals surface area contributed by atoms with Gasteiger partial charge in [0.15, 0.2) is 0 Å². The third-order valence-corrected chi connectivity index (χ3v) is 2.68. The van der Waals surface area contributed by atoms with Gasteiger partial charge in [0.1, 0.15) is 5.82 Å². The van der Waals surface area contributed by atoms with Gasteiger partial charge < -0.3 is 32.3 Å². The monoisotopic (exact) mass is 312 g/mol. The van der Waals surface area contributed by atoms with Gasteiger partial charge >= 0.3 is 19.5 Å². The van der Waals surface area contributed by atoms with Gasteiger partial charge in [0.25, 0.3) is 0 Å². The Morgan fingerprint density at radius 2 is 2.06 bits per heavy atom. The zero-order valence-electron chi connectivity index (χ0n) is 9.38. The molecule has 0 saturated heterocycles. The molecule has 0 radical (unpaired) electrons. The molecular weight excluding hydrogens is 306 g/mol. The van der Waals surface area contributed by atoms with Crippen LogP contribution in [0.15, 0.2) is 24.3 Å². The van der Waals surface area contributed by atoms with E-state index in [0.29, 0.717) is 5.52 Å². The molecule has 1 N–H and O–H groups in total. The van der Waals surface area contributed by atoms with Crippen LogP contribution in [0, 0.1) is 0 Å². The summed E-state index contributed by atoms with van der Waals surface area (Å²) in [6.45, 7) is 0. The van der Waals surface area contributed by atoms with Gasteiger partial charge in [0.2, 0.25) is 0 Å². The molecule has 2 aromatic rings. The first-order valence-electron chi connectivity index (χ1n) is 4.93. The molecule has 1 aromatic heterocycles. The van der Waals surface area contributed by atoms with Crippen LogP contribution in [0.25, 0.3) is 11.0 Å². The molecular formula is C11H8N2O3SZn. The minimum atomic E-state index is -1.33. The maximum atomic E-state index is 11.2. The second-order valence-corrected chi connectivity index (χ2v) is 3.99. The third kappa shape index (κ3) is 3.12. The topological polar surface area (TPSA) is 85.9 Å². The van der Waals surface area contributed by atoms with Crippen LogP contribution >= 0.6 is 0 Å². The summed E-state index contributed by atoms with van der Waals surface area (Å²) >= 11 is 4.52. The maximum absolute atomic E-state index is 11.2. The van der Waals surface area contributed by atoms with Crippen LogP contribution in [0.4, 0.5) is 0 Å². The van der Waals surface area contributed by atoms with E-state index in [4.69, 9.17) is 0 Å². The number of aromatic amines is 1. The van der Waals surface area contributed by atoms with E-state index in [1.165, 1.54) is 0 Å². The number of carboxylic acids is 1. The third-order valence-electron chi connectivity index (χ3n) is 2.39. The quantitative estimate of drug-likeness (QED) is 0.627. The summed E-state index contributed by atoms with van der Waals surface area (Å²) in [5, 5.41) is 9.89. The zero-order chi connectivity index (χ0) is 12.4. The van der Waals surface area contributed by atoms with Crippen molar-refractivity contribution < 1.29 is 34.2 Å². The van der Waals surface area contributed by atoms with Gasteiger partial charge in [0.05, 0.1) is 17.0 Å². The van der Waals surface area contributed by atoms with Gasteiger partial charge in [-0.25, -0.2) is 4.98 Å². The number of imidazole rings is 1. The van der Waals surface area contributed by atoms with E-state index >= 15 is 0 Å². The number of carbonyl (C=O) groups is 2. The van der Waals surface area contributed by atoms with Gasteiger partial charge in [-0.05, 0) is 12.1 Å². The van der Waals surface area contributed by atoms with E-state index in [-0.39, 0.29) is 25.3 Å². The fourth-order valence-electron chi connectivity index (χ4n) is 1.60. The van der Waals surface area contributed by atoms with Crippen molar-refractivity contribution in [2.45, 2.75) is 12.3 Å². The van der Waals surface area contributed by atoms with E-state index in [1.54, 1.807) is 18.2 Å². The number of benzene rings is 1. The van der Waals surface area contributed by atoms with Crippen LogP contribution in [0.5, 0.6) is 0 Å². The second kappa shape index (κ2) is 6.02. The number of carbonyl (C=O) groups excluding carboxylic acids is 2. The number of rotatable bonds is 4. The maximum Gasteiger partial charge on any atom is 2.00 e. The summed E-state index contributed by atoms with van der Waals surface area (Å²) in [6, 6.07) is 7.17. The molecule has 1 unspecified atom stereocenters. The van der Waals surface area contributed by atoms with Crippen molar-refractivity contribution in [3.05, 3.63) is 30.1 Å². The van der Waals surface area contributed by atoms with Crippen molar-refractivity contribution in [2.75, 3.05) is 0 Å². The molecule has 5 nitrogen and oxygen atoms in total. The Labute approximate surface area is 121 Å². The van der Waals surface area contributed by atoms with Gasteiger partial charge in [-0.1, -0.05) is 12.1 Å². The first-order valence-corrected chi connectivity index (χ1v) is 5.34. The van der Waals surface area contributed by atoms with Crippen LogP contribution in [0.3, 0.4) is 0 Å². The van der Waals surface area contributed by atoms with Gasteiger partial charge in [-0.15, -0.1) is 0 Å². The van der Waals surface area contributed by atoms with Gasteiger partial charge in [-0.3, -0.25) is 0 Å². The molecule has 0 aliphatic heterocycles. The predicted molar refractivity (Wildman–Crippen MR) is 60.8 cm³/mol. The molecule has 7 heteroatoms. The molecule has 0 amide bonds. The van der Waals surface area contributed by atoms with Crippen molar-refractivity contribution in [1.82, 2.24) is 9.97 Å². The zero-order valence-corrected chi connectivity index (χ0v) is 13.2. The summed E-state index contributed by atoms with van der Waals surface area (Å²) in [7, 11) is 0. The molecule has 0 aliphatic carbocycles. The second-order valence-electron chi connectivity index (χ2n) is 3.59. The molecule has 1 heterocycles. The molecule has 0 fully saturated rings. The van der Waals surface area contributed by atoms with Crippen molar-refractivity contribution in [3.8, 4) is 0 Å². The predicted octanol–water partition coefficient (Wildman–Crippen LogP) is -0.143. The Morgan fingerprint density at radius 3 is 2.61 bits per heavy atom. The number of carboxylic acid groups (broad SMARTS) is 1. The number of H-pyrrole nitrogens is 1. The van der Waals surface area contributed by atoms with Crippen LogP contribution < -0.4 is 5.11 Å². The standard InChI is InChI=1S/C11H10N2O3S.Zn/c14-9(15)5-6(11(16)17)10-12-7-3-1-2-4-8(7)13-10;/h1-4,6H,5H2,(H,12,13)(H,14,15)(H,16,17);/q;+2/p-2. The Morgan fingerprint density at radius 1 is 1.39 bits per heavy atom. The summed E-state index contributed by atoms with van der Waals surface area (Å²) in [5.41, 5.74) is 1.41. The molecule has 18 heavy (non-hydrogen) atoms. The Balaban J connectivity index is 0.00000162. The average molecular weight is 314 g/mol. The largest absolute Gasteiger partial charge is 2.00 e. The number of aromatic nitrogens is 2. The van der Waals surface area contributed by atoms with Crippen LogP contribution in [0.2, 0.25) is 0 Å². The number of nitrogens with one attached hydrogen (secondary N) is 1. The number of fused-ring (bicyclic) bond motifs is 1. The molecule has 0 aliphatic rings. The first-order chi connectivity index (χ1) is 8.08. The van der Waals surface area contributed by atoms with Crippen LogP contribution in [-0.4, -0.2) is 21.1 Å². The summed E-state index contributed by atoms with van der Waals surface area (Å²) in [5.74, 6) is -2.01. The number of nitrogens with zero attached hydrogens (tertiary/aromatic N) is 1. The summed E-state index contributed by atoms with van der Waals surface area (Å²) in [4.78, 5) is 28.8. The van der Waals surface area contributed by atoms with Gasteiger partial charge in [0, 0.05) is 17.5 Å². The van der Waals surface area contributed by atoms with Crippen molar-refractivity contribution in [1.29, 1.82) is 0 Å². The van der Waals surface area contributed by atoms with E-state index in [9.17, 15) is 14.7 Å². The molecule has 0 bridgehead atoms. The van der Waals surface area contributed by atoms with Crippen molar-refractivity contribution in [2.24, 2.45) is 0 Å². The Hall–Kier alpha value is -1.33. The van der Waals surface area contributed by atoms with E-state index in [0.717, 1.165) is 5.52 Å². The van der Waals surface area contributed by atoms with Crippen LogP contribution in [0.1, 0.15) is 18.2 Å². The molecule has 1 atom stereocenters. The number of para-hydroxylation sites is 2. The summed E-state index contributed by atoms with van der Waals surface area (Å²) < 4.78 is 0. The average Bonchev–Trinajstić information content (AvgIpc) is 2.68. The normalized spacial score (nSPS) is 11.8. The van der Waals surface area contributed by atoms with E-state index in [1.807, 2.05) is 6.07 Å². The van der Waals surface area contributed by atoms with Gasteiger partial charge in [-0.2, -0.15) is 0 Å². The SMILES string of the molecule is O=C([O-])CC(C(=O)[S-])c1nc2ccccc2[nH]1.[Zn+2]. The Bertz CT molecular complexity index is 551. The summed E-state index contributed by atoms with van der Waals surface area (Å²) in [6.07, 6.45) is -0.456. The minimum Gasteiger partial charge on any atom is -0.741 e. The van der Waals surface area contributed by atoms with Crippen molar-refractivity contribution in [3.63, 3.8) is 0 Å². The molecule has 0 spiro atoms. The van der Waals surface area contributed by atoms with Crippen molar-refractivity contribution >= 4 is 34.7 Å². The fourth-order valence-corrected chi connectivity index (χ4v) is 1.79. The number of aliphatic carboxylic acids is 1. The molecule has 88 valence electrons. The molecule has 1 aromatic carbocycles. The number of hydrogen-bond acceptors (Lipinski definition) is 5. The van der Waals surface area contributed by atoms with E-state index < -0.39 is 23.4 Å². The first kappa shape index (κ1) is 14.7. The smallest absolute Gasteiger partial charge is 0.741 e. The minimum absolute atomic E-state index is 0. The van der Waals surface area contributed by atoms with E-state index in [2.05, 4.69) is 22.6 Å². The number of hydrogen-bond donors (Lipinski definition) is 1.